The lowest BCUT2D eigenvalue weighted by Crippen LogP contribution is -2.39. The van der Waals surface area contributed by atoms with Crippen molar-refractivity contribution < 1.29 is 13.9 Å². The molecule has 1 aromatic heterocycles. The minimum Gasteiger partial charge on any atom is -0.497 e. The van der Waals surface area contributed by atoms with Crippen molar-refractivity contribution in [3.8, 4) is 11.4 Å². The molecule has 1 aliphatic rings. The number of rotatable bonds is 7. The van der Waals surface area contributed by atoms with Gasteiger partial charge in [0.05, 0.1) is 13.2 Å². The van der Waals surface area contributed by atoms with Gasteiger partial charge in [0.1, 0.15) is 17.3 Å². The van der Waals surface area contributed by atoms with E-state index in [0.717, 1.165) is 37.2 Å². The van der Waals surface area contributed by atoms with Crippen molar-refractivity contribution in [2.75, 3.05) is 26.7 Å². The molecule has 0 bridgehead atoms. The fourth-order valence-electron chi connectivity index (χ4n) is 4.20. The van der Waals surface area contributed by atoms with Crippen LogP contribution in [0.4, 0.5) is 4.39 Å². The number of amides is 1. The van der Waals surface area contributed by atoms with E-state index in [4.69, 9.17) is 4.74 Å². The number of nitrogens with one attached hydrogen (secondary N) is 1. The van der Waals surface area contributed by atoms with E-state index in [0.29, 0.717) is 12.2 Å². The number of halogens is 1. The number of carbonyl (C=O) groups is 1. The number of benzene rings is 2. The summed E-state index contributed by atoms with van der Waals surface area (Å²) in [6, 6.07) is 15.1. The van der Waals surface area contributed by atoms with Crippen molar-refractivity contribution in [2.24, 2.45) is 0 Å². The monoisotopic (exact) mass is 450 g/mol. The van der Waals surface area contributed by atoms with E-state index in [2.05, 4.69) is 15.3 Å². The van der Waals surface area contributed by atoms with Crippen molar-refractivity contribution in [1.82, 2.24) is 20.0 Å². The molecule has 1 fully saturated rings. The number of methoxy groups -OCH3 is 1. The molecule has 172 valence electrons. The highest BCUT2D eigenvalue weighted by Crippen LogP contribution is 2.27. The van der Waals surface area contributed by atoms with Gasteiger partial charge >= 0.3 is 0 Å². The summed E-state index contributed by atoms with van der Waals surface area (Å²) in [5, 5.41) is 7.07. The molecule has 3 aromatic rings. The van der Waals surface area contributed by atoms with Crippen LogP contribution in [0.5, 0.6) is 5.75 Å². The number of likely N-dealkylation sites (tertiary alicyclic amines) is 1. The first kappa shape index (κ1) is 22.7. The average Bonchev–Trinajstić information content (AvgIpc) is 3.34. The maximum atomic E-state index is 14.3. The van der Waals surface area contributed by atoms with E-state index in [1.165, 1.54) is 16.8 Å². The second kappa shape index (κ2) is 9.95. The summed E-state index contributed by atoms with van der Waals surface area (Å²) in [6.45, 7) is 3.82. The summed E-state index contributed by atoms with van der Waals surface area (Å²) < 4.78 is 21.0. The van der Waals surface area contributed by atoms with Crippen LogP contribution in [0, 0.1) is 12.7 Å². The number of para-hydroxylation sites is 1. The predicted molar refractivity (Wildman–Crippen MR) is 123 cm³/mol. The maximum Gasteiger partial charge on any atom is 0.275 e. The summed E-state index contributed by atoms with van der Waals surface area (Å²) in [7, 11) is 1.62. The van der Waals surface area contributed by atoms with Crippen molar-refractivity contribution >= 4 is 5.91 Å². The fraction of sp³-hybridized carbons (Fsp3) is 0.320. The molecule has 0 saturated carbocycles. The molecule has 0 radical (unpaired) electrons. The van der Waals surface area contributed by atoms with Crippen LogP contribution in [0.2, 0.25) is 0 Å². The van der Waals surface area contributed by atoms with Crippen LogP contribution in [-0.2, 0) is 0 Å². The van der Waals surface area contributed by atoms with Crippen LogP contribution < -0.4 is 15.5 Å². The number of ether oxygens (including phenoxy) is 1. The number of aryl methyl sites for hydroxylation is 1. The topological polar surface area (TPSA) is 76.5 Å². The van der Waals surface area contributed by atoms with Gasteiger partial charge in [-0.15, -0.1) is 0 Å². The first-order valence-electron chi connectivity index (χ1n) is 11.0. The standard InChI is InChI=1S/C25H27FN4O3/c1-17-14-23(31)24(28-30(17)21-11-4-3-10-20(21)26)25(32)27-16-22(29-12-5-6-13-29)18-8-7-9-19(15-18)33-2/h3-4,7-11,14-15,22H,5-6,12-13,16H2,1-2H3,(H,27,32)/t22-/m0/s1. The second-order valence-electron chi connectivity index (χ2n) is 8.11. The third-order valence-electron chi connectivity index (χ3n) is 5.92. The summed E-state index contributed by atoms with van der Waals surface area (Å²) in [5.74, 6) is -0.330. The summed E-state index contributed by atoms with van der Waals surface area (Å²) in [4.78, 5) is 27.9. The van der Waals surface area contributed by atoms with Crippen molar-refractivity contribution in [3.63, 3.8) is 0 Å². The normalized spacial score (nSPS) is 14.8. The highest BCUT2D eigenvalue weighted by atomic mass is 19.1. The Labute approximate surface area is 191 Å². The zero-order valence-electron chi connectivity index (χ0n) is 18.8. The first-order valence-corrected chi connectivity index (χ1v) is 11.0. The smallest absolute Gasteiger partial charge is 0.275 e. The van der Waals surface area contributed by atoms with Gasteiger partial charge in [-0.1, -0.05) is 24.3 Å². The minimum atomic E-state index is -0.586. The molecule has 1 saturated heterocycles. The largest absolute Gasteiger partial charge is 0.497 e. The van der Waals surface area contributed by atoms with E-state index in [-0.39, 0.29) is 17.4 Å². The van der Waals surface area contributed by atoms with Gasteiger partial charge in [-0.25, -0.2) is 9.07 Å². The van der Waals surface area contributed by atoms with Crippen LogP contribution in [0.25, 0.3) is 5.69 Å². The lowest BCUT2D eigenvalue weighted by molar-refractivity contribution is 0.0930. The number of hydrogen-bond donors (Lipinski definition) is 1. The molecular weight excluding hydrogens is 423 g/mol. The van der Waals surface area contributed by atoms with Gasteiger partial charge < -0.3 is 10.1 Å². The molecule has 8 heteroatoms. The van der Waals surface area contributed by atoms with Gasteiger partial charge in [-0.2, -0.15) is 5.10 Å². The molecular formula is C25H27FN4O3. The Hall–Kier alpha value is -3.52. The number of nitrogens with zero attached hydrogens (tertiary/aromatic N) is 3. The summed E-state index contributed by atoms with van der Waals surface area (Å²) in [5.41, 5.74) is 0.867. The molecule has 7 nitrogen and oxygen atoms in total. The van der Waals surface area contributed by atoms with Gasteiger partial charge in [-0.05, 0) is 62.7 Å². The average molecular weight is 451 g/mol. The number of hydrogen-bond acceptors (Lipinski definition) is 5. The third kappa shape index (κ3) is 4.96. The Morgan fingerprint density at radius 2 is 1.91 bits per heavy atom. The molecule has 2 aromatic carbocycles. The molecule has 2 heterocycles. The van der Waals surface area contributed by atoms with Gasteiger partial charge in [0.15, 0.2) is 5.69 Å². The third-order valence-corrected chi connectivity index (χ3v) is 5.92. The molecule has 1 aliphatic heterocycles. The van der Waals surface area contributed by atoms with Crippen LogP contribution in [0.15, 0.2) is 59.4 Å². The van der Waals surface area contributed by atoms with E-state index in [9.17, 15) is 14.0 Å². The van der Waals surface area contributed by atoms with Crippen molar-refractivity contribution in [1.29, 1.82) is 0 Å². The Balaban J connectivity index is 1.59. The predicted octanol–water partition coefficient (Wildman–Crippen LogP) is 3.26. The van der Waals surface area contributed by atoms with E-state index in [1.807, 2.05) is 24.3 Å². The molecule has 1 amide bonds. The Morgan fingerprint density at radius 1 is 1.15 bits per heavy atom. The number of aromatic nitrogens is 2. The Bertz CT molecular complexity index is 1200. The Morgan fingerprint density at radius 3 is 2.64 bits per heavy atom. The van der Waals surface area contributed by atoms with Gasteiger partial charge in [0, 0.05) is 18.3 Å². The summed E-state index contributed by atoms with van der Waals surface area (Å²) >= 11 is 0. The highest BCUT2D eigenvalue weighted by molar-refractivity contribution is 5.92. The first-order chi connectivity index (χ1) is 16.0. The van der Waals surface area contributed by atoms with Crippen LogP contribution in [-0.4, -0.2) is 47.3 Å². The second-order valence-corrected chi connectivity index (χ2v) is 8.11. The quantitative estimate of drug-likeness (QED) is 0.598. The summed E-state index contributed by atoms with van der Waals surface area (Å²) in [6.07, 6.45) is 2.20. The number of carbonyl (C=O) groups excluding carboxylic acids is 1. The van der Waals surface area contributed by atoms with Crippen LogP contribution >= 0.6 is 0 Å². The van der Waals surface area contributed by atoms with Crippen LogP contribution in [0.3, 0.4) is 0 Å². The van der Waals surface area contributed by atoms with E-state index < -0.39 is 17.2 Å². The maximum absolute atomic E-state index is 14.3. The van der Waals surface area contributed by atoms with Crippen molar-refractivity contribution in [2.45, 2.75) is 25.8 Å². The molecule has 0 unspecified atom stereocenters. The van der Waals surface area contributed by atoms with Gasteiger partial charge in [0.25, 0.3) is 5.91 Å². The molecule has 33 heavy (non-hydrogen) atoms. The van der Waals surface area contributed by atoms with Gasteiger partial charge in [0.2, 0.25) is 5.43 Å². The molecule has 0 aliphatic carbocycles. The fourth-order valence-corrected chi connectivity index (χ4v) is 4.20. The van der Waals surface area contributed by atoms with E-state index >= 15 is 0 Å². The van der Waals surface area contributed by atoms with Crippen LogP contribution in [0.1, 0.15) is 40.6 Å². The van der Waals surface area contributed by atoms with Crippen molar-refractivity contribution in [3.05, 3.63) is 87.6 Å². The Kier molecular flexibility index (Phi) is 6.84. The zero-order chi connectivity index (χ0) is 23.4. The SMILES string of the molecule is COc1cccc([C@H](CNC(=O)c2nn(-c3ccccc3F)c(C)cc2=O)N2CCCC2)c1. The lowest BCUT2D eigenvalue weighted by atomic mass is 10.0. The molecule has 1 atom stereocenters. The molecule has 1 N–H and O–H groups in total. The lowest BCUT2D eigenvalue weighted by Gasteiger charge is -2.28. The molecule has 0 spiro atoms. The zero-order valence-corrected chi connectivity index (χ0v) is 18.8. The highest BCUT2D eigenvalue weighted by Gasteiger charge is 2.25. The van der Waals surface area contributed by atoms with Gasteiger partial charge in [-0.3, -0.25) is 14.5 Å². The minimum absolute atomic E-state index is 0.0641. The molecule has 4 rings (SSSR count). The van der Waals surface area contributed by atoms with E-state index in [1.54, 1.807) is 32.2 Å².